The number of benzene rings is 1. The summed E-state index contributed by atoms with van der Waals surface area (Å²) in [5.41, 5.74) is -0.493. The van der Waals surface area contributed by atoms with E-state index in [0.717, 1.165) is 44.9 Å². The van der Waals surface area contributed by atoms with Gasteiger partial charge in [0.05, 0.1) is 0 Å². The third-order valence-corrected chi connectivity index (χ3v) is 7.39. The van der Waals surface area contributed by atoms with Crippen LogP contribution < -0.4 is 5.32 Å². The summed E-state index contributed by atoms with van der Waals surface area (Å²) in [6.45, 7) is 4.91. The van der Waals surface area contributed by atoms with Gasteiger partial charge in [-0.2, -0.15) is 0 Å². The molecule has 3 rings (SSSR count). The van der Waals surface area contributed by atoms with E-state index in [2.05, 4.69) is 73.0 Å². The Morgan fingerprint density at radius 2 is 1.52 bits per heavy atom. The second-order valence-corrected chi connectivity index (χ2v) is 10.8. The number of hydrogen-bond acceptors (Lipinski definition) is 4. The van der Waals surface area contributed by atoms with E-state index in [4.69, 9.17) is 4.74 Å². The van der Waals surface area contributed by atoms with E-state index >= 15 is 0 Å². The van der Waals surface area contributed by atoms with Crippen LogP contribution in [0.15, 0.2) is 103 Å². The minimum atomic E-state index is -1.20. The number of ketones is 1. The molecule has 224 valence electrons. The molecule has 6 nitrogen and oxygen atoms in total. The van der Waals surface area contributed by atoms with Crippen molar-refractivity contribution in [2.75, 3.05) is 13.1 Å². The molecule has 0 aliphatic carbocycles. The number of nitrogens with one attached hydrogen (secondary N) is 1. The van der Waals surface area contributed by atoms with Crippen molar-refractivity contribution < 1.29 is 19.1 Å². The molecule has 1 unspecified atom stereocenters. The summed E-state index contributed by atoms with van der Waals surface area (Å²) in [6, 6.07) is 9.01. The van der Waals surface area contributed by atoms with Crippen LogP contribution >= 0.6 is 0 Å². The van der Waals surface area contributed by atoms with E-state index in [1.165, 1.54) is 6.08 Å². The van der Waals surface area contributed by atoms with Crippen LogP contribution in [0.3, 0.4) is 0 Å². The standard InChI is InChI=1S/C36H46N2O4/c1-3-4-5-6-7-8-9-10-11-12-13-14-15-16-17-18-22-25-34(40)38-27-26-31(29-38)37-35(41)32-28-33(39)36(2,42-32)30-23-20-19-21-24-30/h4-5,7-8,10-11,13-14,16-17,19-21,23-24,28,31H,3,6,9,12,15,18,22,25-27,29H2,1-2H3,(H,37,41)/t31-,36?/m0/s1. The molecule has 2 heterocycles. The quantitative estimate of drug-likeness (QED) is 0.171. The van der Waals surface area contributed by atoms with Gasteiger partial charge in [-0.3, -0.25) is 14.4 Å². The Kier molecular flexibility index (Phi) is 13.8. The Morgan fingerprint density at radius 3 is 2.14 bits per heavy atom. The molecule has 1 aromatic rings. The van der Waals surface area contributed by atoms with Crippen molar-refractivity contribution >= 4 is 17.6 Å². The Morgan fingerprint density at radius 1 is 0.929 bits per heavy atom. The number of nitrogens with zero attached hydrogens (tertiary/aromatic N) is 1. The molecule has 6 heteroatoms. The lowest BCUT2D eigenvalue weighted by Crippen LogP contribution is -2.39. The Hall–Kier alpha value is -3.93. The van der Waals surface area contributed by atoms with Crippen molar-refractivity contribution in [1.29, 1.82) is 0 Å². The van der Waals surface area contributed by atoms with Crippen LogP contribution in [0.2, 0.25) is 0 Å². The van der Waals surface area contributed by atoms with Gasteiger partial charge in [0, 0.05) is 37.2 Å². The molecule has 42 heavy (non-hydrogen) atoms. The lowest BCUT2D eigenvalue weighted by Gasteiger charge is -2.24. The van der Waals surface area contributed by atoms with Crippen LogP contribution in [0.4, 0.5) is 0 Å². The van der Waals surface area contributed by atoms with Gasteiger partial charge in [-0.15, -0.1) is 0 Å². The summed E-state index contributed by atoms with van der Waals surface area (Å²) >= 11 is 0. The van der Waals surface area contributed by atoms with Crippen LogP contribution in [-0.4, -0.2) is 41.6 Å². The highest BCUT2D eigenvalue weighted by molar-refractivity contribution is 6.07. The number of allylic oxidation sites excluding steroid dienone is 10. The van der Waals surface area contributed by atoms with Gasteiger partial charge in [-0.1, -0.05) is 98.0 Å². The zero-order valence-corrected chi connectivity index (χ0v) is 25.2. The van der Waals surface area contributed by atoms with E-state index in [1.54, 1.807) is 6.92 Å². The fourth-order valence-electron chi connectivity index (χ4n) is 4.88. The van der Waals surface area contributed by atoms with Crippen molar-refractivity contribution in [3.8, 4) is 0 Å². The normalized spacial score (nSPS) is 21.0. The van der Waals surface area contributed by atoms with Gasteiger partial charge in [0.15, 0.2) is 11.4 Å². The number of hydrogen-bond donors (Lipinski definition) is 1. The summed E-state index contributed by atoms with van der Waals surface area (Å²) in [7, 11) is 0. The summed E-state index contributed by atoms with van der Waals surface area (Å²) in [5.74, 6) is -0.536. The van der Waals surface area contributed by atoms with Gasteiger partial charge >= 0.3 is 0 Å². The molecule has 2 amide bonds. The highest BCUT2D eigenvalue weighted by Gasteiger charge is 2.44. The Balaban J connectivity index is 1.25. The minimum absolute atomic E-state index is 0.0215. The average Bonchev–Trinajstić information content (AvgIpc) is 3.59. The van der Waals surface area contributed by atoms with E-state index < -0.39 is 11.5 Å². The van der Waals surface area contributed by atoms with Gasteiger partial charge in [0.25, 0.3) is 5.91 Å². The van der Waals surface area contributed by atoms with Crippen molar-refractivity contribution in [2.24, 2.45) is 0 Å². The average molecular weight is 571 g/mol. The molecule has 2 aliphatic rings. The van der Waals surface area contributed by atoms with Crippen molar-refractivity contribution in [3.05, 3.63) is 108 Å². The van der Waals surface area contributed by atoms with Crippen molar-refractivity contribution in [3.63, 3.8) is 0 Å². The smallest absolute Gasteiger partial charge is 0.286 e. The molecule has 0 spiro atoms. The van der Waals surface area contributed by atoms with Gasteiger partial charge in [-0.25, -0.2) is 0 Å². The van der Waals surface area contributed by atoms with Crippen LogP contribution in [-0.2, 0) is 24.7 Å². The van der Waals surface area contributed by atoms with Crippen LogP contribution in [0, 0.1) is 0 Å². The Bertz CT molecular complexity index is 1210. The fraction of sp³-hybridized carbons (Fsp3) is 0.417. The molecular weight excluding hydrogens is 524 g/mol. The summed E-state index contributed by atoms with van der Waals surface area (Å²) in [4.78, 5) is 39.9. The third-order valence-electron chi connectivity index (χ3n) is 7.39. The monoisotopic (exact) mass is 570 g/mol. The predicted molar refractivity (Wildman–Crippen MR) is 169 cm³/mol. The topological polar surface area (TPSA) is 75.7 Å². The highest BCUT2D eigenvalue weighted by atomic mass is 16.5. The molecule has 1 fully saturated rings. The zero-order valence-electron chi connectivity index (χ0n) is 25.2. The van der Waals surface area contributed by atoms with E-state index in [9.17, 15) is 14.4 Å². The molecule has 1 saturated heterocycles. The summed E-state index contributed by atoms with van der Waals surface area (Å²) in [5, 5.41) is 2.94. The van der Waals surface area contributed by atoms with Gasteiger partial charge in [0.2, 0.25) is 11.7 Å². The van der Waals surface area contributed by atoms with Crippen LogP contribution in [0.25, 0.3) is 0 Å². The lowest BCUT2D eigenvalue weighted by atomic mass is 9.92. The number of unbranched alkanes of at least 4 members (excludes halogenated alkanes) is 1. The highest BCUT2D eigenvalue weighted by Crippen LogP contribution is 2.34. The van der Waals surface area contributed by atoms with Gasteiger partial charge in [-0.05, 0) is 58.3 Å². The first-order chi connectivity index (χ1) is 20.4. The van der Waals surface area contributed by atoms with Crippen LogP contribution in [0.1, 0.15) is 77.2 Å². The predicted octanol–water partition coefficient (Wildman–Crippen LogP) is 7.02. The first kappa shape index (κ1) is 32.6. The molecular formula is C36H46N2O4. The molecule has 0 radical (unpaired) electrons. The summed E-state index contributed by atoms with van der Waals surface area (Å²) < 4.78 is 5.84. The van der Waals surface area contributed by atoms with E-state index in [0.29, 0.717) is 31.5 Å². The van der Waals surface area contributed by atoms with Crippen molar-refractivity contribution in [1.82, 2.24) is 10.2 Å². The molecule has 2 aliphatic heterocycles. The maximum absolute atomic E-state index is 12.8. The molecule has 1 N–H and O–H groups in total. The van der Waals surface area contributed by atoms with Crippen LogP contribution in [0.5, 0.6) is 0 Å². The molecule has 0 aromatic heterocycles. The number of ether oxygens (including phenoxy) is 1. The number of carbonyl (C=O) groups excluding carboxylic acids is 3. The van der Waals surface area contributed by atoms with E-state index in [1.807, 2.05) is 35.2 Å². The molecule has 1 aromatic carbocycles. The second-order valence-electron chi connectivity index (χ2n) is 10.8. The van der Waals surface area contributed by atoms with Crippen molar-refractivity contribution in [2.45, 2.75) is 83.3 Å². The molecule has 0 saturated carbocycles. The molecule has 2 atom stereocenters. The number of amides is 2. The largest absolute Gasteiger partial charge is 0.469 e. The fourth-order valence-corrected chi connectivity index (χ4v) is 4.88. The SMILES string of the molecule is CCC=CCC=CCC=CCC=CCC=CCCCC(=O)N1CC[C@H](NC(=O)C2=CC(=O)C(C)(c3ccccc3)O2)C1. The third kappa shape index (κ3) is 10.5. The first-order valence-electron chi connectivity index (χ1n) is 15.3. The number of likely N-dealkylation sites (tertiary alicyclic amines) is 1. The maximum atomic E-state index is 12.8. The lowest BCUT2D eigenvalue weighted by molar-refractivity contribution is -0.133. The second kappa shape index (κ2) is 17.8. The maximum Gasteiger partial charge on any atom is 0.286 e. The Labute approximate surface area is 251 Å². The first-order valence-corrected chi connectivity index (χ1v) is 15.3. The van der Waals surface area contributed by atoms with Gasteiger partial charge in [0.1, 0.15) is 0 Å². The number of carbonyl (C=O) groups is 3. The van der Waals surface area contributed by atoms with E-state index in [-0.39, 0.29) is 23.5 Å². The summed E-state index contributed by atoms with van der Waals surface area (Å²) in [6.07, 6.45) is 30.8. The van der Waals surface area contributed by atoms with Gasteiger partial charge < -0.3 is 15.0 Å². The zero-order chi connectivity index (χ0) is 30.0. The minimum Gasteiger partial charge on any atom is -0.469 e. The molecule has 0 bridgehead atoms. The number of rotatable bonds is 16.